The summed E-state index contributed by atoms with van der Waals surface area (Å²) in [7, 11) is 0. The molecular weight excluding hydrogens is 328 g/mol. The topological polar surface area (TPSA) is 55.1 Å². The van der Waals surface area contributed by atoms with E-state index in [1.54, 1.807) is 23.8 Å². The number of nitrogens with one attached hydrogen (secondary N) is 1. The van der Waals surface area contributed by atoms with Gasteiger partial charge in [0.15, 0.2) is 0 Å². The third-order valence-electron chi connectivity index (χ3n) is 3.19. The maximum Gasteiger partial charge on any atom is 0.230 e. The van der Waals surface area contributed by atoms with Gasteiger partial charge >= 0.3 is 0 Å². The van der Waals surface area contributed by atoms with Crippen molar-refractivity contribution in [3.63, 3.8) is 0 Å². The standard InChI is InChI=1S/C17H16N2O2S2/c20-15(12-22-11-14-7-4-9-21-14)19-16(17-18-8-10-23-17)13-5-2-1-3-6-13/h1-10,16H,11-12H2,(H,19,20)/t16-/m1/s1. The van der Waals surface area contributed by atoms with E-state index >= 15 is 0 Å². The molecule has 0 saturated carbocycles. The molecule has 2 heterocycles. The second-order valence-corrected chi connectivity index (χ2v) is 6.77. The Morgan fingerprint density at radius 2 is 2.13 bits per heavy atom. The summed E-state index contributed by atoms with van der Waals surface area (Å²) in [6.45, 7) is 0. The molecule has 4 nitrogen and oxygen atoms in total. The molecule has 23 heavy (non-hydrogen) atoms. The van der Waals surface area contributed by atoms with Gasteiger partial charge in [-0.15, -0.1) is 23.1 Å². The van der Waals surface area contributed by atoms with E-state index in [1.165, 1.54) is 11.8 Å². The number of carbonyl (C=O) groups excluding carboxylic acids is 1. The van der Waals surface area contributed by atoms with E-state index in [0.29, 0.717) is 11.5 Å². The Hall–Kier alpha value is -2.05. The number of rotatable bonds is 7. The number of hydrogen-bond acceptors (Lipinski definition) is 5. The summed E-state index contributed by atoms with van der Waals surface area (Å²) in [6.07, 6.45) is 3.40. The first-order valence-electron chi connectivity index (χ1n) is 7.17. The van der Waals surface area contributed by atoms with Gasteiger partial charge in [-0.25, -0.2) is 4.98 Å². The Labute approximate surface area is 142 Å². The zero-order chi connectivity index (χ0) is 15.9. The van der Waals surface area contributed by atoms with Crippen LogP contribution in [0.1, 0.15) is 22.4 Å². The number of thioether (sulfide) groups is 1. The average Bonchev–Trinajstić information content (AvgIpc) is 3.27. The third-order valence-corrected chi connectivity index (χ3v) is 4.99. The quantitative estimate of drug-likeness (QED) is 0.707. The maximum absolute atomic E-state index is 12.3. The SMILES string of the molecule is O=C(CSCc1ccco1)N[C@H](c1ccccc1)c1nccs1. The van der Waals surface area contributed by atoms with Gasteiger partial charge in [0.2, 0.25) is 5.91 Å². The summed E-state index contributed by atoms with van der Waals surface area (Å²) in [4.78, 5) is 16.6. The molecular formula is C17H16N2O2S2. The van der Waals surface area contributed by atoms with Crippen LogP contribution in [0.4, 0.5) is 0 Å². The van der Waals surface area contributed by atoms with Gasteiger partial charge in [-0.3, -0.25) is 4.79 Å². The highest BCUT2D eigenvalue weighted by Crippen LogP contribution is 2.24. The molecule has 118 valence electrons. The zero-order valence-electron chi connectivity index (χ0n) is 12.3. The minimum atomic E-state index is -0.201. The molecule has 0 bridgehead atoms. The molecule has 2 aromatic heterocycles. The largest absolute Gasteiger partial charge is 0.468 e. The van der Waals surface area contributed by atoms with Crippen LogP contribution in [0.2, 0.25) is 0 Å². The first kappa shape index (κ1) is 15.8. The van der Waals surface area contributed by atoms with E-state index in [2.05, 4.69) is 10.3 Å². The van der Waals surface area contributed by atoms with Gasteiger partial charge in [-0.2, -0.15) is 0 Å². The summed E-state index contributed by atoms with van der Waals surface area (Å²) in [5.74, 6) is 1.94. The Morgan fingerprint density at radius 1 is 1.26 bits per heavy atom. The van der Waals surface area contributed by atoms with E-state index < -0.39 is 0 Å². The summed E-state index contributed by atoms with van der Waals surface area (Å²) >= 11 is 3.07. The van der Waals surface area contributed by atoms with Crippen molar-refractivity contribution < 1.29 is 9.21 Å². The van der Waals surface area contributed by atoms with Crippen LogP contribution in [-0.4, -0.2) is 16.6 Å². The van der Waals surface area contributed by atoms with Crippen LogP contribution in [0.3, 0.4) is 0 Å². The molecule has 0 unspecified atom stereocenters. The van der Waals surface area contributed by atoms with Crippen molar-refractivity contribution in [2.24, 2.45) is 0 Å². The Balaban J connectivity index is 1.61. The molecule has 1 amide bonds. The number of nitrogens with zero attached hydrogens (tertiary/aromatic N) is 1. The monoisotopic (exact) mass is 344 g/mol. The van der Waals surface area contributed by atoms with Crippen LogP contribution in [0, 0.1) is 0 Å². The van der Waals surface area contributed by atoms with Gasteiger partial charge in [0.25, 0.3) is 0 Å². The van der Waals surface area contributed by atoms with E-state index in [4.69, 9.17) is 4.42 Å². The lowest BCUT2D eigenvalue weighted by molar-refractivity contribution is -0.119. The first-order chi connectivity index (χ1) is 11.3. The summed E-state index contributed by atoms with van der Waals surface area (Å²) in [6, 6.07) is 13.5. The first-order valence-corrected chi connectivity index (χ1v) is 9.20. The Kier molecular flexibility index (Phi) is 5.50. The Morgan fingerprint density at radius 3 is 2.83 bits per heavy atom. The van der Waals surface area contributed by atoms with Gasteiger partial charge in [-0.1, -0.05) is 30.3 Å². The van der Waals surface area contributed by atoms with Crippen molar-refractivity contribution in [2.75, 3.05) is 5.75 Å². The van der Waals surface area contributed by atoms with E-state index in [0.717, 1.165) is 16.3 Å². The molecule has 0 saturated heterocycles. The average molecular weight is 344 g/mol. The molecule has 0 radical (unpaired) electrons. The minimum absolute atomic E-state index is 0.00870. The van der Waals surface area contributed by atoms with Crippen molar-refractivity contribution in [3.05, 3.63) is 76.6 Å². The van der Waals surface area contributed by atoms with E-state index in [1.807, 2.05) is 47.8 Å². The van der Waals surface area contributed by atoms with Crippen molar-refractivity contribution in [1.82, 2.24) is 10.3 Å². The van der Waals surface area contributed by atoms with Crippen molar-refractivity contribution >= 4 is 29.0 Å². The second kappa shape index (κ2) is 7.99. The molecule has 3 aromatic rings. The summed E-state index contributed by atoms with van der Waals surface area (Å²) in [5.41, 5.74) is 1.03. The van der Waals surface area contributed by atoms with Crippen molar-refractivity contribution in [3.8, 4) is 0 Å². The van der Waals surface area contributed by atoms with Crippen molar-refractivity contribution in [2.45, 2.75) is 11.8 Å². The Bertz CT molecular complexity index is 712. The number of benzene rings is 1. The van der Waals surface area contributed by atoms with Gasteiger partial charge in [0.05, 0.1) is 17.8 Å². The van der Waals surface area contributed by atoms with Gasteiger partial charge in [-0.05, 0) is 17.7 Å². The molecule has 1 aromatic carbocycles. The van der Waals surface area contributed by atoms with Gasteiger partial charge in [0, 0.05) is 11.6 Å². The van der Waals surface area contributed by atoms with Gasteiger partial charge in [0.1, 0.15) is 16.8 Å². The molecule has 6 heteroatoms. The summed E-state index contributed by atoms with van der Waals surface area (Å²) < 4.78 is 5.26. The molecule has 0 aliphatic carbocycles. The number of thiazole rings is 1. The predicted molar refractivity (Wildman–Crippen MR) is 93.4 cm³/mol. The highest BCUT2D eigenvalue weighted by atomic mass is 32.2. The van der Waals surface area contributed by atoms with Crippen molar-refractivity contribution in [1.29, 1.82) is 0 Å². The number of aromatic nitrogens is 1. The number of carbonyl (C=O) groups is 1. The van der Waals surface area contributed by atoms with Crippen LogP contribution < -0.4 is 5.32 Å². The summed E-state index contributed by atoms with van der Waals surface area (Å²) in [5, 5.41) is 5.88. The van der Waals surface area contributed by atoms with Crippen LogP contribution >= 0.6 is 23.1 Å². The van der Waals surface area contributed by atoms with Crippen LogP contribution in [0.25, 0.3) is 0 Å². The van der Waals surface area contributed by atoms with E-state index in [9.17, 15) is 4.79 Å². The maximum atomic E-state index is 12.3. The van der Waals surface area contributed by atoms with Crippen LogP contribution in [0.5, 0.6) is 0 Å². The molecule has 0 spiro atoms. The van der Waals surface area contributed by atoms with Gasteiger partial charge < -0.3 is 9.73 Å². The highest BCUT2D eigenvalue weighted by Gasteiger charge is 2.18. The molecule has 0 aliphatic heterocycles. The smallest absolute Gasteiger partial charge is 0.230 e. The fourth-order valence-electron chi connectivity index (χ4n) is 2.15. The fourth-order valence-corrected chi connectivity index (χ4v) is 3.60. The molecule has 1 atom stereocenters. The number of furan rings is 1. The molecule has 0 fully saturated rings. The number of hydrogen-bond donors (Lipinski definition) is 1. The number of amides is 1. The lowest BCUT2D eigenvalue weighted by Gasteiger charge is -2.17. The minimum Gasteiger partial charge on any atom is -0.468 e. The fraction of sp³-hybridized carbons (Fsp3) is 0.176. The molecule has 1 N–H and O–H groups in total. The molecule has 3 rings (SSSR count). The zero-order valence-corrected chi connectivity index (χ0v) is 14.0. The van der Waals surface area contributed by atoms with Crippen LogP contribution in [-0.2, 0) is 10.5 Å². The lowest BCUT2D eigenvalue weighted by atomic mass is 10.1. The van der Waals surface area contributed by atoms with Crippen LogP contribution in [0.15, 0.2) is 64.7 Å². The predicted octanol–water partition coefficient (Wildman–Crippen LogP) is 3.88. The van der Waals surface area contributed by atoms with E-state index in [-0.39, 0.29) is 11.9 Å². The highest BCUT2D eigenvalue weighted by molar-refractivity contribution is 7.99. The lowest BCUT2D eigenvalue weighted by Crippen LogP contribution is -2.30. The normalized spacial score (nSPS) is 12.0. The second-order valence-electron chi connectivity index (χ2n) is 4.85. The molecule has 0 aliphatic rings. The third kappa shape index (κ3) is 4.46.